The molecule has 0 bridgehead atoms. The number of methoxy groups -OCH3 is 1. The number of aromatic nitrogens is 2. The number of hydrogen-bond acceptors (Lipinski definition) is 5. The zero-order chi connectivity index (χ0) is 15.9. The molecule has 22 heavy (non-hydrogen) atoms. The Morgan fingerprint density at radius 1 is 1.36 bits per heavy atom. The van der Waals surface area contributed by atoms with Crippen molar-refractivity contribution in [3.8, 4) is 0 Å². The second-order valence-electron chi connectivity index (χ2n) is 5.97. The molecule has 124 valence electrons. The monoisotopic (exact) mass is 310 g/mol. The second-order valence-corrected chi connectivity index (χ2v) is 5.97. The average molecular weight is 310 g/mol. The Kier molecular flexibility index (Phi) is 6.51. The molecule has 1 fully saturated rings. The van der Waals surface area contributed by atoms with Crippen molar-refractivity contribution >= 4 is 5.82 Å². The first-order valence-electron chi connectivity index (χ1n) is 8.07. The van der Waals surface area contributed by atoms with Gasteiger partial charge in [-0.05, 0) is 38.3 Å². The molecule has 0 unspecified atom stereocenters. The van der Waals surface area contributed by atoms with E-state index in [0.717, 1.165) is 45.6 Å². The quantitative estimate of drug-likeness (QED) is 0.770. The smallest absolute Gasteiger partial charge is 0.187 e. The molecular weight excluding hydrogens is 283 g/mol. The lowest BCUT2D eigenvalue weighted by atomic mass is 9.96. The summed E-state index contributed by atoms with van der Waals surface area (Å²) in [6, 6.07) is 0. The molecule has 1 aromatic rings. The Hall–Kier alpha value is -1.27. The number of halogens is 1. The van der Waals surface area contributed by atoms with Crippen LogP contribution in [-0.2, 0) is 11.2 Å². The third-order valence-corrected chi connectivity index (χ3v) is 4.39. The number of hydrogen-bond donors (Lipinski definition) is 0. The van der Waals surface area contributed by atoms with Gasteiger partial charge in [-0.1, -0.05) is 6.92 Å². The first-order valence-corrected chi connectivity index (χ1v) is 8.07. The lowest BCUT2D eigenvalue weighted by molar-refractivity contribution is 0.121. The molecular formula is C16H27FN4O. The maximum Gasteiger partial charge on any atom is 0.187 e. The fourth-order valence-electron chi connectivity index (χ4n) is 3.00. The Morgan fingerprint density at radius 2 is 2.09 bits per heavy atom. The molecule has 0 spiro atoms. The highest BCUT2D eigenvalue weighted by Gasteiger charge is 2.22. The highest BCUT2D eigenvalue weighted by atomic mass is 19.1. The number of ether oxygens (including phenoxy) is 1. The van der Waals surface area contributed by atoms with Crippen molar-refractivity contribution in [3.63, 3.8) is 0 Å². The zero-order valence-electron chi connectivity index (χ0n) is 13.9. The first-order chi connectivity index (χ1) is 10.7. The minimum Gasteiger partial charge on any atom is -0.383 e. The van der Waals surface area contributed by atoms with Crippen molar-refractivity contribution in [1.29, 1.82) is 0 Å². The molecule has 1 aromatic heterocycles. The minimum atomic E-state index is -0.273. The topological polar surface area (TPSA) is 41.5 Å². The van der Waals surface area contributed by atoms with Crippen LogP contribution in [0.15, 0.2) is 6.33 Å². The van der Waals surface area contributed by atoms with Crippen molar-refractivity contribution in [2.24, 2.45) is 5.92 Å². The summed E-state index contributed by atoms with van der Waals surface area (Å²) in [7, 11) is 3.66. The van der Waals surface area contributed by atoms with Crippen LogP contribution in [0.1, 0.15) is 25.5 Å². The van der Waals surface area contributed by atoms with Crippen LogP contribution in [0, 0.1) is 11.7 Å². The number of aryl methyl sites for hydroxylation is 1. The Labute approximate surface area is 132 Å². The summed E-state index contributed by atoms with van der Waals surface area (Å²) in [5, 5.41) is 0. The van der Waals surface area contributed by atoms with Gasteiger partial charge < -0.3 is 14.5 Å². The van der Waals surface area contributed by atoms with Gasteiger partial charge in [0.1, 0.15) is 6.33 Å². The summed E-state index contributed by atoms with van der Waals surface area (Å²) in [5.74, 6) is 0.738. The van der Waals surface area contributed by atoms with E-state index >= 15 is 0 Å². The van der Waals surface area contributed by atoms with Crippen molar-refractivity contribution in [2.75, 3.05) is 51.8 Å². The van der Waals surface area contributed by atoms with Crippen molar-refractivity contribution in [2.45, 2.75) is 26.2 Å². The molecule has 0 aromatic carbocycles. The van der Waals surface area contributed by atoms with Gasteiger partial charge in [0.2, 0.25) is 0 Å². The van der Waals surface area contributed by atoms with Gasteiger partial charge in [-0.3, -0.25) is 0 Å². The second kappa shape index (κ2) is 8.39. The van der Waals surface area contributed by atoms with E-state index in [1.165, 1.54) is 6.33 Å². The third kappa shape index (κ3) is 4.36. The highest BCUT2D eigenvalue weighted by molar-refractivity contribution is 5.40. The SMILES string of the molecule is CCc1ncnc(N(C)CC2CCN(CCOC)CC2)c1F. The van der Waals surface area contributed by atoms with Gasteiger partial charge in [0, 0.05) is 27.2 Å². The van der Waals surface area contributed by atoms with E-state index in [0.29, 0.717) is 23.9 Å². The van der Waals surface area contributed by atoms with Gasteiger partial charge >= 0.3 is 0 Å². The Balaban J connectivity index is 1.87. The van der Waals surface area contributed by atoms with Crippen LogP contribution in [0.3, 0.4) is 0 Å². The molecule has 0 radical (unpaired) electrons. The summed E-state index contributed by atoms with van der Waals surface area (Å²) in [4.78, 5) is 12.5. The van der Waals surface area contributed by atoms with Gasteiger partial charge in [0.15, 0.2) is 11.6 Å². The van der Waals surface area contributed by atoms with E-state index in [1.54, 1.807) is 7.11 Å². The van der Waals surface area contributed by atoms with E-state index in [4.69, 9.17) is 4.74 Å². The summed E-state index contributed by atoms with van der Waals surface area (Å²) in [6.07, 6.45) is 4.33. The largest absolute Gasteiger partial charge is 0.383 e. The normalized spacial score (nSPS) is 16.9. The van der Waals surface area contributed by atoms with Gasteiger partial charge in [0.25, 0.3) is 0 Å². The van der Waals surface area contributed by atoms with E-state index in [1.807, 2.05) is 18.9 Å². The molecule has 0 saturated carbocycles. The Morgan fingerprint density at radius 3 is 2.73 bits per heavy atom. The molecule has 6 heteroatoms. The number of likely N-dealkylation sites (tertiary alicyclic amines) is 1. The van der Waals surface area contributed by atoms with Gasteiger partial charge in [0.05, 0.1) is 12.3 Å². The van der Waals surface area contributed by atoms with E-state index in [-0.39, 0.29) is 5.82 Å². The summed E-state index contributed by atoms with van der Waals surface area (Å²) in [6.45, 7) is 6.72. The fraction of sp³-hybridized carbons (Fsp3) is 0.750. The maximum absolute atomic E-state index is 14.3. The zero-order valence-corrected chi connectivity index (χ0v) is 13.9. The predicted octanol–water partition coefficient (Wildman–Crippen LogP) is 1.97. The molecule has 0 aliphatic carbocycles. The number of anilines is 1. The third-order valence-electron chi connectivity index (χ3n) is 4.39. The van der Waals surface area contributed by atoms with Gasteiger partial charge in [-0.25, -0.2) is 14.4 Å². The summed E-state index contributed by atoms with van der Waals surface area (Å²) >= 11 is 0. The van der Waals surface area contributed by atoms with Gasteiger partial charge in [-0.15, -0.1) is 0 Å². The van der Waals surface area contributed by atoms with Crippen LogP contribution >= 0.6 is 0 Å². The highest BCUT2D eigenvalue weighted by Crippen LogP contribution is 2.22. The Bertz CT molecular complexity index is 463. The fourth-order valence-corrected chi connectivity index (χ4v) is 3.00. The lowest BCUT2D eigenvalue weighted by Crippen LogP contribution is -2.39. The van der Waals surface area contributed by atoms with Crippen molar-refractivity contribution < 1.29 is 9.13 Å². The van der Waals surface area contributed by atoms with Crippen LogP contribution in [0.2, 0.25) is 0 Å². The van der Waals surface area contributed by atoms with E-state index in [2.05, 4.69) is 14.9 Å². The summed E-state index contributed by atoms with van der Waals surface area (Å²) < 4.78 is 19.4. The van der Waals surface area contributed by atoms with Crippen LogP contribution in [0.4, 0.5) is 10.2 Å². The van der Waals surface area contributed by atoms with Crippen molar-refractivity contribution in [3.05, 3.63) is 17.8 Å². The molecule has 0 atom stereocenters. The molecule has 2 rings (SSSR count). The number of nitrogens with zero attached hydrogens (tertiary/aromatic N) is 4. The van der Waals surface area contributed by atoms with Crippen LogP contribution in [-0.4, -0.2) is 61.8 Å². The minimum absolute atomic E-state index is 0.273. The molecule has 1 aliphatic rings. The molecule has 2 heterocycles. The standard InChI is InChI=1S/C16H27FN4O/c1-4-14-15(17)16(19-12-18-14)20(2)11-13-5-7-21(8-6-13)9-10-22-3/h12-13H,4-11H2,1-3H3. The molecule has 0 N–H and O–H groups in total. The summed E-state index contributed by atoms with van der Waals surface area (Å²) in [5.41, 5.74) is 0.492. The average Bonchev–Trinajstić information content (AvgIpc) is 2.54. The first kappa shape index (κ1) is 17.1. The van der Waals surface area contributed by atoms with E-state index < -0.39 is 0 Å². The molecule has 1 saturated heterocycles. The molecule has 1 aliphatic heterocycles. The van der Waals surface area contributed by atoms with Crippen LogP contribution in [0.5, 0.6) is 0 Å². The number of piperidine rings is 1. The predicted molar refractivity (Wildman–Crippen MR) is 85.7 cm³/mol. The maximum atomic E-state index is 14.3. The molecule has 5 nitrogen and oxygen atoms in total. The van der Waals surface area contributed by atoms with Crippen molar-refractivity contribution in [1.82, 2.24) is 14.9 Å². The van der Waals surface area contributed by atoms with Gasteiger partial charge in [-0.2, -0.15) is 0 Å². The van der Waals surface area contributed by atoms with Crippen LogP contribution < -0.4 is 4.90 Å². The molecule has 0 amide bonds. The van der Waals surface area contributed by atoms with Crippen LogP contribution in [0.25, 0.3) is 0 Å². The number of rotatable bonds is 7. The van der Waals surface area contributed by atoms with E-state index in [9.17, 15) is 4.39 Å². The lowest BCUT2D eigenvalue weighted by Gasteiger charge is -2.34.